The van der Waals surface area contributed by atoms with Gasteiger partial charge in [-0.1, -0.05) is 53.7 Å². The molecule has 1 aromatic rings. The minimum absolute atomic E-state index is 0.0857. The molecule has 30 heavy (non-hydrogen) atoms. The van der Waals surface area contributed by atoms with Crippen LogP contribution in [0, 0.1) is 46.6 Å². The van der Waals surface area contributed by atoms with Gasteiger partial charge in [0.25, 0.3) is 11.4 Å². The van der Waals surface area contributed by atoms with Gasteiger partial charge in [-0.25, -0.2) is 20.2 Å². The third-order valence-corrected chi connectivity index (χ3v) is 5.42. The Morgan fingerprint density at radius 1 is 0.733 bits per heavy atom. The second-order valence-corrected chi connectivity index (χ2v) is 9.54. The van der Waals surface area contributed by atoms with Gasteiger partial charge in [0.1, 0.15) is 0 Å². The Hall–Kier alpha value is -3.86. The van der Waals surface area contributed by atoms with Gasteiger partial charge in [0.15, 0.2) is 0 Å². The number of nitriles is 2. The summed E-state index contributed by atoms with van der Waals surface area (Å²) in [5.41, 5.74) is 6.49. The van der Waals surface area contributed by atoms with E-state index in [1.807, 2.05) is 24.3 Å². The van der Waals surface area contributed by atoms with E-state index in [1.54, 1.807) is 0 Å². The third-order valence-electron chi connectivity index (χ3n) is 5.42. The Kier molecular flexibility index (Phi) is 4.79. The molecule has 146 valence electrons. The molecule has 0 saturated heterocycles. The van der Waals surface area contributed by atoms with Crippen molar-refractivity contribution in [3.63, 3.8) is 0 Å². The summed E-state index contributed by atoms with van der Waals surface area (Å²) in [6.07, 6.45) is 4.06. The predicted molar refractivity (Wildman–Crippen MR) is 120 cm³/mol. The lowest BCUT2D eigenvalue weighted by molar-refractivity contribution is 0.525. The Morgan fingerprint density at radius 2 is 1.07 bits per heavy atom. The van der Waals surface area contributed by atoms with E-state index >= 15 is 0 Å². The van der Waals surface area contributed by atoms with Gasteiger partial charge >= 0.3 is 0 Å². The van der Waals surface area contributed by atoms with E-state index in [0.717, 1.165) is 33.4 Å². The molecule has 0 fully saturated rings. The summed E-state index contributed by atoms with van der Waals surface area (Å²) in [6.45, 7) is 27.4. The van der Waals surface area contributed by atoms with Gasteiger partial charge in [0.05, 0.1) is 25.3 Å². The Balaban J connectivity index is 2.41. The second-order valence-electron chi connectivity index (χ2n) is 9.54. The largest absolute Gasteiger partial charge is 0.269 e. The molecule has 0 heterocycles. The first-order chi connectivity index (χ1) is 14.0. The van der Waals surface area contributed by atoms with Gasteiger partial charge in [-0.15, -0.1) is 0 Å². The van der Waals surface area contributed by atoms with Crippen LogP contribution < -0.4 is 0 Å². The number of nitrogens with zero attached hydrogens (tertiary/aromatic N) is 4. The highest BCUT2D eigenvalue weighted by molar-refractivity contribution is 6.04. The highest BCUT2D eigenvalue weighted by Gasteiger charge is 2.35. The second kappa shape index (κ2) is 6.88. The topological polar surface area (TPSA) is 56.3 Å². The normalized spacial score (nSPS) is 18.1. The number of fused-ring (bicyclic) bond motifs is 2. The van der Waals surface area contributed by atoms with E-state index in [2.05, 4.69) is 63.4 Å². The first-order valence-electron chi connectivity index (χ1n) is 9.65. The Morgan fingerprint density at radius 3 is 1.30 bits per heavy atom. The Labute approximate surface area is 178 Å². The van der Waals surface area contributed by atoms with E-state index in [9.17, 15) is 10.5 Å². The third kappa shape index (κ3) is 3.14. The molecule has 0 atom stereocenters. The molecule has 0 N–H and O–H groups in total. The van der Waals surface area contributed by atoms with Crippen LogP contribution in [0.5, 0.6) is 0 Å². The molecular weight excluding hydrogens is 368 g/mol. The van der Waals surface area contributed by atoms with Crippen molar-refractivity contribution in [2.75, 3.05) is 0 Å². The van der Waals surface area contributed by atoms with Crippen LogP contribution in [0.25, 0.3) is 33.0 Å². The average Bonchev–Trinajstić information content (AvgIpc) is 3.21. The lowest BCUT2D eigenvalue weighted by Gasteiger charge is -2.23. The maximum absolute atomic E-state index is 9.58. The lowest BCUT2D eigenvalue weighted by Crippen LogP contribution is -2.09. The highest BCUT2D eigenvalue weighted by Crippen LogP contribution is 2.51. The van der Waals surface area contributed by atoms with Crippen LogP contribution in [0.1, 0.15) is 63.8 Å². The van der Waals surface area contributed by atoms with Crippen LogP contribution in [-0.4, -0.2) is 0 Å². The summed E-state index contributed by atoms with van der Waals surface area (Å²) < 4.78 is 0. The minimum Gasteiger partial charge on any atom is -0.226 e. The molecule has 2 aliphatic rings. The van der Waals surface area contributed by atoms with Crippen LogP contribution in [0.15, 0.2) is 34.7 Å². The average molecular weight is 390 g/mol. The van der Waals surface area contributed by atoms with Gasteiger partial charge in [-0.05, 0) is 56.4 Å². The first-order valence-corrected chi connectivity index (χ1v) is 9.65. The Bertz CT molecular complexity index is 1140. The van der Waals surface area contributed by atoms with Crippen LogP contribution in [0.4, 0.5) is 0 Å². The van der Waals surface area contributed by atoms with Gasteiger partial charge < -0.3 is 0 Å². The van der Waals surface area contributed by atoms with Crippen molar-refractivity contribution in [2.45, 2.75) is 41.5 Å². The number of benzene rings is 1. The molecule has 0 bridgehead atoms. The zero-order chi connectivity index (χ0) is 22.4. The van der Waals surface area contributed by atoms with Gasteiger partial charge in [0, 0.05) is 11.1 Å². The van der Waals surface area contributed by atoms with Crippen LogP contribution in [0.2, 0.25) is 0 Å². The quantitative estimate of drug-likeness (QED) is 0.358. The van der Waals surface area contributed by atoms with E-state index < -0.39 is 0 Å². The van der Waals surface area contributed by atoms with Gasteiger partial charge in [0.2, 0.25) is 0 Å². The van der Waals surface area contributed by atoms with Gasteiger partial charge in [-0.2, -0.15) is 0 Å². The summed E-state index contributed by atoms with van der Waals surface area (Å²) in [4.78, 5) is 6.98. The van der Waals surface area contributed by atoms with Crippen LogP contribution in [-0.2, 0) is 0 Å². The molecular formula is C26H22N4. The highest BCUT2D eigenvalue weighted by atomic mass is 14.7. The van der Waals surface area contributed by atoms with Crippen molar-refractivity contribution in [2.24, 2.45) is 10.8 Å². The smallest absolute Gasteiger partial charge is 0.226 e. The van der Waals surface area contributed by atoms with Gasteiger partial charge in [-0.3, -0.25) is 0 Å². The van der Waals surface area contributed by atoms with Crippen molar-refractivity contribution in [3.8, 4) is 12.1 Å². The summed E-state index contributed by atoms with van der Waals surface area (Å²) in [6, 6.07) is 8.11. The summed E-state index contributed by atoms with van der Waals surface area (Å²) in [7, 11) is 0. The van der Waals surface area contributed by atoms with E-state index in [4.69, 9.17) is 13.1 Å². The van der Waals surface area contributed by atoms with Crippen LogP contribution in [0.3, 0.4) is 0 Å². The number of hydrogen-bond donors (Lipinski definition) is 0. The summed E-state index contributed by atoms with van der Waals surface area (Å²) in [5.74, 6) is 0. The molecule has 1 aromatic carbocycles. The van der Waals surface area contributed by atoms with Crippen molar-refractivity contribution in [1.82, 2.24) is 0 Å². The molecule has 0 aromatic heterocycles. The molecule has 2 aliphatic carbocycles. The maximum Gasteiger partial charge on any atom is 0.269 e. The predicted octanol–water partition coefficient (Wildman–Crippen LogP) is 6.88. The zero-order valence-corrected chi connectivity index (χ0v) is 18.1. The maximum atomic E-state index is 9.58. The molecule has 4 nitrogen and oxygen atoms in total. The minimum atomic E-state index is -0.245. The summed E-state index contributed by atoms with van der Waals surface area (Å²) in [5, 5.41) is 19.2. The van der Waals surface area contributed by atoms with Crippen molar-refractivity contribution < 1.29 is 0 Å². The molecule has 0 saturated carbocycles. The molecule has 3 rings (SSSR count). The molecule has 0 aliphatic heterocycles. The van der Waals surface area contributed by atoms with E-state index in [1.165, 1.54) is 0 Å². The lowest BCUT2D eigenvalue weighted by atomic mass is 9.81. The van der Waals surface area contributed by atoms with E-state index in [-0.39, 0.29) is 22.2 Å². The van der Waals surface area contributed by atoms with Crippen molar-refractivity contribution >= 4 is 23.3 Å². The number of rotatable bonds is 0. The molecule has 4 heteroatoms. The van der Waals surface area contributed by atoms with Crippen LogP contribution >= 0.6 is 0 Å². The monoisotopic (exact) mass is 390 g/mol. The fourth-order valence-corrected chi connectivity index (χ4v) is 4.02. The number of allylic oxidation sites excluding steroid dienone is 6. The summed E-state index contributed by atoms with van der Waals surface area (Å²) >= 11 is 0. The molecule has 0 spiro atoms. The first kappa shape index (κ1) is 20.9. The molecule has 0 unspecified atom stereocenters. The molecule has 0 radical (unpaired) electrons. The fourth-order valence-electron chi connectivity index (χ4n) is 4.02. The SMILES string of the molecule is [C-]#[N+]/C(C#N)=C1/C(C(C)(C)C)=Cc2cc3c(cc21)C=C(C(C)(C)C)/C3=C(/C#N)[N+]#[C-]. The number of hydrogen-bond acceptors (Lipinski definition) is 2. The van der Waals surface area contributed by atoms with Crippen molar-refractivity contribution in [1.29, 1.82) is 10.5 Å². The molecule has 0 amide bonds. The standard InChI is InChI=1S/C26H22N4/c1-25(2,3)19-11-15-9-18-16(10-17(15)23(19)21(13-27)29-7)12-20(26(4,5)6)24(18)22(14-28)30-8/h9-12H,1-6H3/b23-21-,24-22+. The van der Waals surface area contributed by atoms with Crippen molar-refractivity contribution in [3.05, 3.63) is 79.8 Å². The zero-order valence-electron chi connectivity index (χ0n) is 18.1. The van der Waals surface area contributed by atoms with E-state index in [0.29, 0.717) is 11.1 Å². The fraction of sp³-hybridized carbons (Fsp3) is 0.308.